The first-order valence-corrected chi connectivity index (χ1v) is 11.9. The van der Waals surface area contributed by atoms with Crippen LogP contribution in [0.25, 0.3) is 11.5 Å². The van der Waals surface area contributed by atoms with Gasteiger partial charge in [0.1, 0.15) is 17.0 Å². The van der Waals surface area contributed by atoms with Crippen molar-refractivity contribution in [1.82, 2.24) is 10.2 Å². The molecule has 1 aromatic carbocycles. The number of rotatable bonds is 14. The van der Waals surface area contributed by atoms with E-state index >= 15 is 0 Å². The van der Waals surface area contributed by atoms with Crippen LogP contribution in [0.3, 0.4) is 0 Å². The molecule has 0 amide bonds. The lowest BCUT2D eigenvalue weighted by atomic mass is 9.98. The summed E-state index contributed by atoms with van der Waals surface area (Å²) >= 11 is 0. The third-order valence-corrected chi connectivity index (χ3v) is 6.54. The van der Waals surface area contributed by atoms with E-state index in [1.807, 2.05) is 0 Å². The van der Waals surface area contributed by atoms with Crippen molar-refractivity contribution >= 4 is 5.84 Å². The van der Waals surface area contributed by atoms with Crippen LogP contribution in [0.5, 0.6) is 5.75 Å². The summed E-state index contributed by atoms with van der Waals surface area (Å²) in [5.41, 5.74) is 8.55. The van der Waals surface area contributed by atoms with Crippen LogP contribution in [0, 0.1) is 12.3 Å². The van der Waals surface area contributed by atoms with Crippen molar-refractivity contribution in [2.45, 2.75) is 96.3 Å². The van der Waals surface area contributed by atoms with E-state index in [1.54, 1.807) is 7.11 Å². The molecule has 0 atom stereocenters. The smallest absolute Gasteiger partial charge is 0.251 e. The molecule has 3 rings (SSSR count). The normalized spacial score (nSPS) is 14.5. The van der Waals surface area contributed by atoms with Gasteiger partial charge in [-0.1, -0.05) is 58.3 Å². The van der Waals surface area contributed by atoms with Gasteiger partial charge in [0.25, 0.3) is 5.89 Å². The highest BCUT2D eigenvalue weighted by Gasteiger charge is 2.52. The van der Waals surface area contributed by atoms with Crippen molar-refractivity contribution in [2.24, 2.45) is 5.73 Å². The Morgan fingerprint density at radius 1 is 1.06 bits per heavy atom. The number of nitrogens with two attached hydrogens (primary N) is 1. The quantitative estimate of drug-likeness (QED) is 0.216. The van der Waals surface area contributed by atoms with Gasteiger partial charge < -0.3 is 14.9 Å². The Bertz CT molecular complexity index is 870. The number of methoxy groups -OCH3 is 1. The Balaban J connectivity index is 1.60. The van der Waals surface area contributed by atoms with Crippen LogP contribution in [-0.2, 0) is 11.8 Å². The molecule has 6 heteroatoms. The molecule has 0 bridgehead atoms. The zero-order valence-electron chi connectivity index (χ0n) is 19.4. The van der Waals surface area contributed by atoms with Crippen molar-refractivity contribution in [1.29, 1.82) is 5.41 Å². The highest BCUT2D eigenvalue weighted by Crippen LogP contribution is 2.48. The first-order chi connectivity index (χ1) is 15.0. The summed E-state index contributed by atoms with van der Waals surface area (Å²) in [7, 11) is 1.66. The number of hydrogen-bond donors (Lipinski definition) is 2. The molecule has 6 nitrogen and oxygen atoms in total. The number of nitrogens with zero attached hydrogens (tertiary/aromatic N) is 2. The topological polar surface area (TPSA) is 98.0 Å². The number of benzene rings is 1. The zero-order valence-corrected chi connectivity index (χ0v) is 19.4. The van der Waals surface area contributed by atoms with Crippen LogP contribution in [0.4, 0.5) is 0 Å². The lowest BCUT2D eigenvalue weighted by Crippen LogP contribution is -2.27. The average molecular weight is 427 g/mol. The highest BCUT2D eigenvalue weighted by molar-refractivity contribution is 5.91. The van der Waals surface area contributed by atoms with Crippen LogP contribution in [0.1, 0.15) is 94.6 Å². The minimum Gasteiger partial charge on any atom is -0.496 e. The summed E-state index contributed by atoms with van der Waals surface area (Å²) in [6, 6.07) is 4.18. The molecule has 1 aliphatic rings. The molecule has 0 saturated heterocycles. The van der Waals surface area contributed by atoms with Gasteiger partial charge in [0.05, 0.1) is 12.7 Å². The molecule has 0 radical (unpaired) electrons. The Morgan fingerprint density at radius 2 is 1.71 bits per heavy atom. The number of amidine groups is 1. The van der Waals surface area contributed by atoms with Gasteiger partial charge in [-0.15, -0.1) is 10.2 Å². The Morgan fingerprint density at radius 3 is 2.29 bits per heavy atom. The van der Waals surface area contributed by atoms with Gasteiger partial charge >= 0.3 is 0 Å². The zero-order chi connectivity index (χ0) is 22.3. The molecular weight excluding hydrogens is 388 g/mol. The first kappa shape index (κ1) is 23.3. The van der Waals surface area contributed by atoms with Crippen LogP contribution < -0.4 is 10.5 Å². The second-order valence-electron chi connectivity index (χ2n) is 8.97. The predicted octanol–water partition coefficient (Wildman–Crippen LogP) is 6.09. The molecule has 170 valence electrons. The molecule has 1 fully saturated rings. The number of aryl methyl sites for hydroxylation is 2. The van der Waals surface area contributed by atoms with E-state index in [-0.39, 0.29) is 5.84 Å². The third kappa shape index (κ3) is 5.66. The van der Waals surface area contributed by atoms with Crippen LogP contribution in [0.15, 0.2) is 16.5 Å². The summed E-state index contributed by atoms with van der Waals surface area (Å²) in [6.45, 7) is 4.39. The second-order valence-corrected chi connectivity index (χ2v) is 8.97. The maximum absolute atomic E-state index is 7.84. The maximum atomic E-state index is 7.84. The molecule has 3 N–H and O–H groups in total. The fourth-order valence-electron chi connectivity index (χ4n) is 4.21. The van der Waals surface area contributed by atoms with Gasteiger partial charge in [-0.2, -0.15) is 0 Å². The van der Waals surface area contributed by atoms with E-state index in [1.165, 1.54) is 68.9 Å². The molecule has 31 heavy (non-hydrogen) atoms. The fraction of sp³-hybridized carbons (Fsp3) is 0.640. The molecule has 1 aromatic heterocycles. The van der Waals surface area contributed by atoms with Crippen LogP contribution >= 0.6 is 0 Å². The number of unbranched alkanes of at least 4 members (excludes halogenated alkanes) is 8. The molecule has 1 aliphatic carbocycles. The lowest BCUT2D eigenvalue weighted by Gasteiger charge is -2.12. The van der Waals surface area contributed by atoms with Crippen LogP contribution in [0.2, 0.25) is 0 Å². The fourth-order valence-corrected chi connectivity index (χ4v) is 4.21. The summed E-state index contributed by atoms with van der Waals surface area (Å²) in [5.74, 6) is 1.71. The largest absolute Gasteiger partial charge is 0.496 e. The van der Waals surface area contributed by atoms with E-state index in [9.17, 15) is 0 Å². The summed E-state index contributed by atoms with van der Waals surface area (Å²) < 4.78 is 11.6. The predicted molar refractivity (Wildman–Crippen MR) is 125 cm³/mol. The monoisotopic (exact) mass is 426 g/mol. The Labute approximate surface area is 186 Å². The van der Waals surface area contributed by atoms with Gasteiger partial charge in [0.2, 0.25) is 5.89 Å². The van der Waals surface area contributed by atoms with E-state index in [0.29, 0.717) is 11.8 Å². The molecular formula is C25H38N4O2. The SMILES string of the molecule is CCCCCCCCCCCc1cc(-c2nnc(C3(C(=N)N)CC3)o2)c(OC)cc1C. The summed E-state index contributed by atoms with van der Waals surface area (Å²) in [6.07, 6.45) is 14.5. The van der Waals surface area contributed by atoms with Crippen molar-refractivity contribution in [2.75, 3.05) is 7.11 Å². The van der Waals surface area contributed by atoms with Gasteiger partial charge in [0.15, 0.2) is 0 Å². The molecule has 0 spiro atoms. The first-order valence-electron chi connectivity index (χ1n) is 11.9. The van der Waals surface area contributed by atoms with E-state index in [4.69, 9.17) is 20.3 Å². The maximum Gasteiger partial charge on any atom is 0.251 e. The number of aromatic nitrogens is 2. The summed E-state index contributed by atoms with van der Waals surface area (Å²) in [4.78, 5) is 0. The Kier molecular flexibility index (Phi) is 8.10. The minimum atomic E-state index is -0.553. The molecule has 0 aliphatic heterocycles. The standard InChI is InChI=1S/C25H38N4O2/c1-4-5-6-7-8-9-10-11-12-13-19-17-20(21(30-3)16-18(19)2)22-28-29-24(31-22)25(14-15-25)23(26)27/h16-17H,4-15H2,1-3H3,(H3,26,27). The van der Waals surface area contributed by atoms with E-state index < -0.39 is 5.41 Å². The molecule has 2 aromatic rings. The molecule has 0 unspecified atom stereocenters. The van der Waals surface area contributed by atoms with Gasteiger partial charge in [-0.25, -0.2) is 0 Å². The van der Waals surface area contributed by atoms with Gasteiger partial charge in [-0.05, 0) is 55.9 Å². The minimum absolute atomic E-state index is 0.102. The average Bonchev–Trinajstić information content (AvgIpc) is 3.44. The Hall–Kier alpha value is -2.37. The van der Waals surface area contributed by atoms with Gasteiger partial charge in [-0.3, -0.25) is 5.41 Å². The van der Waals surface area contributed by atoms with E-state index in [2.05, 4.69) is 36.2 Å². The third-order valence-electron chi connectivity index (χ3n) is 6.54. The van der Waals surface area contributed by atoms with E-state index in [0.717, 1.165) is 30.6 Å². The van der Waals surface area contributed by atoms with Gasteiger partial charge in [0, 0.05) is 0 Å². The van der Waals surface area contributed by atoms with Crippen LogP contribution in [-0.4, -0.2) is 23.1 Å². The van der Waals surface area contributed by atoms with Crippen molar-refractivity contribution in [3.8, 4) is 17.2 Å². The lowest BCUT2D eigenvalue weighted by molar-refractivity contribution is 0.412. The molecule has 1 saturated carbocycles. The van der Waals surface area contributed by atoms with Crippen molar-refractivity contribution in [3.63, 3.8) is 0 Å². The number of ether oxygens (including phenoxy) is 1. The van der Waals surface area contributed by atoms with Crippen molar-refractivity contribution in [3.05, 3.63) is 29.2 Å². The second kappa shape index (κ2) is 10.8. The van der Waals surface area contributed by atoms with Crippen molar-refractivity contribution < 1.29 is 9.15 Å². The number of hydrogen-bond acceptors (Lipinski definition) is 5. The highest BCUT2D eigenvalue weighted by atomic mass is 16.5. The molecule has 1 heterocycles. The summed E-state index contributed by atoms with van der Waals surface area (Å²) in [5, 5.41) is 16.3. The number of nitrogens with one attached hydrogen (secondary N) is 1.